The van der Waals surface area contributed by atoms with Crippen molar-refractivity contribution in [3.8, 4) is 23.0 Å². The van der Waals surface area contributed by atoms with Crippen molar-refractivity contribution in [3.05, 3.63) is 65.5 Å². The molecule has 0 fully saturated rings. The Kier molecular flexibility index (Phi) is 6.28. The summed E-state index contributed by atoms with van der Waals surface area (Å²) in [7, 11) is 0. The van der Waals surface area contributed by atoms with Gasteiger partial charge in [-0.05, 0) is 37.1 Å². The van der Waals surface area contributed by atoms with Crippen molar-refractivity contribution < 1.29 is 18.7 Å². The summed E-state index contributed by atoms with van der Waals surface area (Å²) < 4.78 is 20.3. The molecule has 1 aromatic heterocycles. The van der Waals surface area contributed by atoms with Gasteiger partial charge in [-0.2, -0.15) is 0 Å². The molecule has 3 aromatic rings. The number of ether oxygens (including phenoxy) is 2. The average molecular weight is 425 g/mol. The Morgan fingerprint density at radius 3 is 2.90 bits per heavy atom. The summed E-state index contributed by atoms with van der Waals surface area (Å²) in [6.07, 6.45) is 3.15. The van der Waals surface area contributed by atoms with Gasteiger partial charge in [0.2, 0.25) is 11.8 Å². The highest BCUT2D eigenvalue weighted by Gasteiger charge is 2.26. The lowest BCUT2D eigenvalue weighted by Crippen LogP contribution is -2.34. The van der Waals surface area contributed by atoms with Crippen LogP contribution < -0.4 is 14.2 Å². The van der Waals surface area contributed by atoms with Gasteiger partial charge in [-0.3, -0.25) is 4.79 Å². The summed E-state index contributed by atoms with van der Waals surface area (Å²) in [5.41, 5.74) is 2.88. The number of carbonyl (C=O) groups excluding carboxylic acids is 1. The Balaban J connectivity index is 1.34. The maximum Gasteiger partial charge on any atom is 0.236 e. The van der Waals surface area contributed by atoms with Crippen LogP contribution in [0.1, 0.15) is 17.0 Å². The summed E-state index contributed by atoms with van der Waals surface area (Å²) in [5, 5.41) is 0. The quantitative estimate of drug-likeness (QED) is 0.573. The van der Waals surface area contributed by atoms with E-state index in [1.807, 2.05) is 61.7 Å². The molecule has 156 valence electrons. The lowest BCUT2D eigenvalue weighted by molar-refractivity contribution is -0.124. The summed E-state index contributed by atoms with van der Waals surface area (Å²) in [5.74, 6) is 2.80. The van der Waals surface area contributed by atoms with E-state index in [2.05, 4.69) is 9.71 Å². The highest BCUT2D eigenvalue weighted by molar-refractivity contribution is 7.97. The average Bonchev–Trinajstić information content (AvgIpc) is 3.14. The number of nitrogens with zero attached hydrogens (tertiary/aromatic N) is 1. The molecule has 0 spiro atoms. The molecule has 1 amide bonds. The first-order chi connectivity index (χ1) is 14.6. The van der Waals surface area contributed by atoms with E-state index < -0.39 is 0 Å². The van der Waals surface area contributed by atoms with Gasteiger partial charge in [0.25, 0.3) is 0 Å². The van der Waals surface area contributed by atoms with E-state index in [1.54, 1.807) is 0 Å². The highest BCUT2D eigenvalue weighted by atomic mass is 32.2. The van der Waals surface area contributed by atoms with Crippen molar-refractivity contribution >= 4 is 17.9 Å². The first-order valence-electron chi connectivity index (χ1n) is 9.87. The Morgan fingerprint density at radius 2 is 2.10 bits per heavy atom. The van der Waals surface area contributed by atoms with Gasteiger partial charge in [0, 0.05) is 24.3 Å². The van der Waals surface area contributed by atoms with Gasteiger partial charge in [-0.15, -0.1) is 0 Å². The second-order valence-electron chi connectivity index (χ2n) is 7.14. The number of aromatic nitrogens is 1. The molecule has 0 saturated heterocycles. The molecule has 1 N–H and O–H groups in total. The van der Waals surface area contributed by atoms with Gasteiger partial charge in [-0.25, -0.2) is 4.98 Å². The summed E-state index contributed by atoms with van der Waals surface area (Å²) >= 11 is 1.31. The summed E-state index contributed by atoms with van der Waals surface area (Å²) in [6, 6.07) is 15.6. The first-order valence-corrected chi connectivity index (χ1v) is 11.1. The molecule has 4 rings (SSSR count). The number of nitrogens with one attached hydrogen (secondary N) is 1. The smallest absolute Gasteiger partial charge is 0.236 e. The third-order valence-electron chi connectivity index (χ3n) is 5.04. The van der Waals surface area contributed by atoms with E-state index in [0.29, 0.717) is 31.9 Å². The molecule has 30 heavy (non-hydrogen) atoms. The number of hydrogen-bond donors (Lipinski definition) is 1. The van der Waals surface area contributed by atoms with Gasteiger partial charge in [0.05, 0.1) is 18.2 Å². The molecule has 0 bridgehead atoms. The molecule has 0 aliphatic carbocycles. The van der Waals surface area contributed by atoms with E-state index in [-0.39, 0.29) is 11.8 Å². The van der Waals surface area contributed by atoms with Crippen molar-refractivity contribution in [1.29, 1.82) is 0 Å². The maximum absolute atomic E-state index is 12.0. The molecule has 1 aliphatic heterocycles. The first kappa shape index (κ1) is 20.3. The topological polar surface area (TPSA) is 73.6 Å². The van der Waals surface area contributed by atoms with Crippen LogP contribution in [0.25, 0.3) is 11.5 Å². The van der Waals surface area contributed by atoms with Crippen LogP contribution in [-0.4, -0.2) is 30.4 Å². The number of rotatable bonds is 7. The zero-order valence-corrected chi connectivity index (χ0v) is 17.8. The molecule has 1 atom stereocenters. The molecule has 1 aliphatic rings. The number of hydrogen-bond acceptors (Lipinski definition) is 6. The predicted molar refractivity (Wildman–Crippen MR) is 117 cm³/mol. The van der Waals surface area contributed by atoms with Crippen molar-refractivity contribution in [2.24, 2.45) is 5.92 Å². The molecule has 1 unspecified atom stereocenters. The number of amides is 1. The summed E-state index contributed by atoms with van der Waals surface area (Å²) in [6.45, 7) is 2.79. The second-order valence-corrected chi connectivity index (χ2v) is 7.75. The number of benzene rings is 2. The number of fused-ring (bicyclic) bond motifs is 1. The van der Waals surface area contributed by atoms with Crippen molar-refractivity contribution in [3.63, 3.8) is 0 Å². The van der Waals surface area contributed by atoms with Crippen LogP contribution in [0.15, 0.2) is 52.9 Å². The third-order valence-corrected chi connectivity index (χ3v) is 5.44. The van der Waals surface area contributed by atoms with Crippen molar-refractivity contribution in [2.45, 2.75) is 19.8 Å². The minimum atomic E-state index is -0.161. The van der Waals surface area contributed by atoms with E-state index in [4.69, 9.17) is 13.9 Å². The Bertz CT molecular complexity index is 1020. The zero-order valence-electron chi connectivity index (χ0n) is 17.0. The Morgan fingerprint density at radius 1 is 1.27 bits per heavy atom. The predicted octanol–water partition coefficient (Wildman–Crippen LogP) is 4.22. The lowest BCUT2D eigenvalue weighted by Gasteiger charge is -2.24. The minimum absolute atomic E-state index is 0.00586. The van der Waals surface area contributed by atoms with Crippen molar-refractivity contribution in [1.82, 2.24) is 9.71 Å². The van der Waals surface area contributed by atoms with Gasteiger partial charge in [-0.1, -0.05) is 36.2 Å². The fourth-order valence-electron chi connectivity index (χ4n) is 3.42. The molecule has 6 nitrogen and oxygen atoms in total. The molecule has 2 aromatic carbocycles. The lowest BCUT2D eigenvalue weighted by atomic mass is 9.96. The van der Waals surface area contributed by atoms with Crippen LogP contribution in [-0.2, 0) is 17.6 Å². The van der Waals surface area contributed by atoms with Crippen LogP contribution in [0.3, 0.4) is 0 Å². The zero-order chi connectivity index (χ0) is 20.9. The fourth-order valence-corrected chi connectivity index (χ4v) is 3.79. The molecule has 7 heteroatoms. The normalized spacial score (nSPS) is 15.2. The monoisotopic (exact) mass is 424 g/mol. The van der Waals surface area contributed by atoms with E-state index in [1.165, 1.54) is 11.9 Å². The number of aryl methyl sites for hydroxylation is 1. The molecule has 2 heterocycles. The second kappa shape index (κ2) is 9.26. The van der Waals surface area contributed by atoms with E-state index in [0.717, 1.165) is 34.1 Å². The van der Waals surface area contributed by atoms with Crippen LogP contribution >= 0.6 is 11.9 Å². The Hall–Kier alpha value is -2.93. The highest BCUT2D eigenvalue weighted by Crippen LogP contribution is 2.31. The van der Waals surface area contributed by atoms with E-state index in [9.17, 15) is 4.79 Å². The summed E-state index contributed by atoms with van der Waals surface area (Å²) in [4.78, 5) is 16.6. The van der Waals surface area contributed by atoms with E-state index >= 15 is 0 Å². The van der Waals surface area contributed by atoms with Gasteiger partial charge in [0.1, 0.15) is 23.9 Å². The van der Waals surface area contributed by atoms with Gasteiger partial charge >= 0.3 is 0 Å². The minimum Gasteiger partial charge on any atom is -0.493 e. The van der Waals surface area contributed by atoms with Crippen LogP contribution in [0.4, 0.5) is 0 Å². The molecule has 0 saturated carbocycles. The number of oxazole rings is 1. The standard InChI is InChI=1S/C23H24N2O4S/c1-15-20(24-23(29-15)16-6-4-3-5-7-16)10-11-27-19-9-8-17-12-18(22(26)25-30-2)14-28-21(17)13-19/h3-9,13,18H,10-12,14H2,1-2H3,(H,25,26). The molecular formula is C23H24N2O4S. The Labute approximate surface area is 180 Å². The van der Waals surface area contributed by atoms with Gasteiger partial charge < -0.3 is 18.6 Å². The van der Waals surface area contributed by atoms with Crippen molar-refractivity contribution in [2.75, 3.05) is 19.5 Å². The number of carbonyl (C=O) groups is 1. The largest absolute Gasteiger partial charge is 0.493 e. The van der Waals surface area contributed by atoms with Crippen LogP contribution in [0.2, 0.25) is 0 Å². The maximum atomic E-state index is 12.0. The third kappa shape index (κ3) is 4.62. The van der Waals surface area contributed by atoms with Gasteiger partial charge in [0.15, 0.2) is 0 Å². The molecular weight excluding hydrogens is 400 g/mol. The SMILES string of the molecule is CSNC(=O)C1COc2cc(OCCc3nc(-c4ccccc4)oc3C)ccc2C1. The molecule has 0 radical (unpaired) electrons. The fraction of sp³-hybridized carbons (Fsp3) is 0.304. The van der Waals surface area contributed by atoms with Crippen LogP contribution in [0.5, 0.6) is 11.5 Å². The van der Waals surface area contributed by atoms with Crippen LogP contribution in [0, 0.1) is 12.8 Å².